The first-order valence-corrected chi connectivity index (χ1v) is 13.9. The van der Waals surface area contributed by atoms with Crippen LogP contribution >= 0.6 is 12.2 Å². The quantitative estimate of drug-likeness (QED) is 0.451. The average molecular weight is 546 g/mol. The summed E-state index contributed by atoms with van der Waals surface area (Å²) >= 11 is -0.524. The van der Waals surface area contributed by atoms with Crippen molar-refractivity contribution >= 4 is 15.5 Å². The second-order valence-electron chi connectivity index (χ2n) is 3.94. The first-order valence-electron chi connectivity index (χ1n) is 4.81. The molecule has 1 aromatic rings. The maximum atomic E-state index is 13.1. The molecule has 1 nitrogen and oxygen atoms in total. The van der Waals surface area contributed by atoms with Gasteiger partial charge in [-0.3, -0.25) is 0 Å². The standard InChI is InChI=1S/C10H6AtBrF6O/c1-5-2-3-7-6(4-5)8(9(13,14)15,10(16,17)18)19-11(7)12/h2-4H,1H3. The minimum atomic E-state index is -5.55. The van der Waals surface area contributed by atoms with E-state index >= 15 is 0 Å². The summed E-state index contributed by atoms with van der Waals surface area (Å²) in [5, 5.41) is 0. The Kier molecular flexibility index (Phi) is 3.73. The molecule has 2 rings (SSSR count). The first kappa shape index (κ1) is 15.5. The number of halogens is 7. The number of rotatable bonds is 0. The van der Waals surface area contributed by atoms with Crippen molar-refractivity contribution in [2.24, 2.45) is 0 Å². The molecule has 1 aromatic carbocycles. The number of benzene rings is 1. The predicted octanol–water partition coefficient (Wildman–Crippen LogP) is 3.82. The van der Waals surface area contributed by atoms with Gasteiger partial charge < -0.3 is 0 Å². The van der Waals surface area contributed by atoms with E-state index in [9.17, 15) is 26.3 Å². The zero-order chi connectivity index (χ0) is 14.6. The van der Waals surface area contributed by atoms with Crippen molar-refractivity contribution in [3.05, 3.63) is 29.3 Å². The Bertz CT molecular complexity index is 498. The Morgan fingerprint density at radius 3 is 2.11 bits per heavy atom. The van der Waals surface area contributed by atoms with Crippen molar-refractivity contribution in [1.82, 2.24) is 0 Å². The molecule has 0 amide bonds. The van der Waals surface area contributed by atoms with Crippen LogP contribution in [0.2, 0.25) is 0 Å². The fourth-order valence-corrected chi connectivity index (χ4v) is 9.78. The van der Waals surface area contributed by atoms with Crippen molar-refractivity contribution in [2.75, 3.05) is 0 Å². The van der Waals surface area contributed by atoms with Crippen LogP contribution in [0.25, 0.3) is 0 Å². The molecular weight excluding hydrogens is 540 g/mol. The molecule has 9 heteroatoms. The van der Waals surface area contributed by atoms with Gasteiger partial charge in [-0.1, -0.05) is 0 Å². The molecule has 0 unspecified atom stereocenters. The van der Waals surface area contributed by atoms with Gasteiger partial charge in [0.05, 0.1) is 0 Å². The van der Waals surface area contributed by atoms with Crippen LogP contribution in [0.5, 0.6) is 0 Å². The Hall–Kier alpha value is 0.123. The molecular formula is C10H6AtBrF6O. The van der Waals surface area contributed by atoms with Crippen molar-refractivity contribution < 1.29 is 49.0 Å². The molecule has 0 fully saturated rings. The summed E-state index contributed by atoms with van der Waals surface area (Å²) in [6.45, 7) is 1.44. The Labute approximate surface area is 118 Å². The molecule has 0 aromatic heterocycles. The van der Waals surface area contributed by atoms with E-state index in [0.29, 0.717) is 5.56 Å². The van der Waals surface area contributed by atoms with Gasteiger partial charge in [0.1, 0.15) is 0 Å². The molecule has 1 aliphatic heterocycles. The molecule has 0 atom stereocenters. The normalized spacial score (nSPS) is 20.5. The van der Waals surface area contributed by atoms with Gasteiger partial charge in [0.2, 0.25) is 0 Å². The summed E-state index contributed by atoms with van der Waals surface area (Å²) in [5.74, 6) is 0. The van der Waals surface area contributed by atoms with Crippen LogP contribution in [-0.2, 0) is 8.41 Å². The van der Waals surface area contributed by atoms with E-state index in [1.807, 2.05) is 0 Å². The van der Waals surface area contributed by atoms with Crippen molar-refractivity contribution in [2.45, 2.75) is 24.9 Å². The minimum absolute atomic E-state index is 0.0188. The Morgan fingerprint density at radius 2 is 1.63 bits per heavy atom. The summed E-state index contributed by atoms with van der Waals surface area (Å²) in [5.41, 5.74) is -4.70. The van der Waals surface area contributed by atoms with E-state index in [1.165, 1.54) is 19.1 Å². The molecule has 19 heavy (non-hydrogen) atoms. The molecule has 0 spiro atoms. The van der Waals surface area contributed by atoms with Gasteiger partial charge in [-0.05, 0) is 0 Å². The van der Waals surface area contributed by atoms with Gasteiger partial charge in [0, 0.05) is 0 Å². The van der Waals surface area contributed by atoms with Crippen LogP contribution in [0.1, 0.15) is 11.1 Å². The third-order valence-electron chi connectivity index (χ3n) is 2.64. The molecule has 0 aliphatic carbocycles. The zero-order valence-corrected chi connectivity index (χ0v) is 13.7. The monoisotopic (exact) mass is 545 g/mol. The third kappa shape index (κ3) is 2.21. The fraction of sp³-hybridized carbons (Fsp3) is 0.400. The fourth-order valence-electron chi connectivity index (χ4n) is 1.78. The Balaban J connectivity index is 2.78. The molecule has 0 saturated carbocycles. The van der Waals surface area contributed by atoms with Gasteiger partial charge in [0.25, 0.3) is 0 Å². The third-order valence-corrected chi connectivity index (χ3v) is 10.5. The van der Waals surface area contributed by atoms with Crippen LogP contribution < -0.4 is 3.27 Å². The maximum absolute atomic E-state index is 13.1. The molecule has 1 heterocycles. The van der Waals surface area contributed by atoms with Crippen molar-refractivity contribution in [1.29, 1.82) is 0 Å². The van der Waals surface area contributed by atoms with Gasteiger partial charge in [-0.25, -0.2) is 0 Å². The van der Waals surface area contributed by atoms with Crippen LogP contribution in [0.4, 0.5) is 26.3 Å². The SMILES string of the molecule is Cc1ccc2c(c1)C(C(F)(F)F)(C(F)(F)F)O[At]2Br. The van der Waals surface area contributed by atoms with Gasteiger partial charge in [-0.2, -0.15) is 0 Å². The van der Waals surface area contributed by atoms with Gasteiger partial charge in [0.15, 0.2) is 0 Å². The average Bonchev–Trinajstić information content (AvgIpc) is 2.51. The second kappa shape index (κ2) is 4.56. The second-order valence-corrected chi connectivity index (χ2v) is 12.5. The van der Waals surface area contributed by atoms with Crippen LogP contribution in [-0.4, -0.2) is 12.4 Å². The van der Waals surface area contributed by atoms with Gasteiger partial charge >= 0.3 is 119 Å². The number of aryl methyl sites for hydroxylation is 1. The molecule has 0 N–H and O–H groups in total. The molecule has 0 saturated heterocycles. The van der Waals surface area contributed by atoms with Crippen LogP contribution in [0.3, 0.4) is 0 Å². The summed E-state index contributed by atoms with van der Waals surface area (Å²) in [6, 6.07) is 3.66. The molecule has 108 valence electrons. The van der Waals surface area contributed by atoms with Crippen LogP contribution in [0, 0.1) is 26.8 Å². The topological polar surface area (TPSA) is 9.23 Å². The van der Waals surface area contributed by atoms with E-state index < -0.39 is 43.4 Å². The first-order chi connectivity index (χ1) is 8.50. The van der Waals surface area contributed by atoms with E-state index in [0.717, 1.165) is 6.07 Å². The van der Waals surface area contributed by atoms with E-state index in [2.05, 4.69) is 15.0 Å². The predicted molar refractivity (Wildman–Crippen MR) is 54.6 cm³/mol. The number of fused-ring (bicyclic) bond motifs is 1. The van der Waals surface area contributed by atoms with Crippen LogP contribution in [0.15, 0.2) is 18.2 Å². The van der Waals surface area contributed by atoms with E-state index in [1.54, 1.807) is 0 Å². The number of hydrogen-bond acceptors (Lipinski definition) is 1. The molecule has 0 bridgehead atoms. The molecule has 0 radical (unpaired) electrons. The summed E-state index contributed by atoms with van der Waals surface area (Å²) in [4.78, 5) is 0. The van der Waals surface area contributed by atoms with Crippen molar-refractivity contribution in [3.63, 3.8) is 0 Å². The summed E-state index contributed by atoms with van der Waals surface area (Å²) < 4.78 is 82.8. The summed E-state index contributed by atoms with van der Waals surface area (Å²) in [7, 11) is 0. The molecule has 1 aliphatic rings. The van der Waals surface area contributed by atoms with E-state index in [-0.39, 0.29) is 3.27 Å². The van der Waals surface area contributed by atoms with Crippen molar-refractivity contribution in [3.8, 4) is 0 Å². The number of alkyl halides is 6. The van der Waals surface area contributed by atoms with E-state index in [4.69, 9.17) is 0 Å². The zero-order valence-electron chi connectivity index (χ0n) is 9.16. The Morgan fingerprint density at radius 1 is 1.11 bits per heavy atom. The number of hydrogen-bond donors (Lipinski definition) is 0. The summed E-state index contributed by atoms with van der Waals surface area (Å²) in [6.07, 6.45) is -11.1. The van der Waals surface area contributed by atoms with Gasteiger partial charge in [-0.15, -0.1) is 0 Å².